The number of hydrogen-bond acceptors (Lipinski definition) is 8. The van der Waals surface area contributed by atoms with E-state index in [1.165, 1.54) is 28.9 Å². The number of pyridine rings is 1. The molecule has 8 nitrogen and oxygen atoms in total. The van der Waals surface area contributed by atoms with Crippen molar-refractivity contribution in [3.63, 3.8) is 0 Å². The predicted octanol–water partition coefficient (Wildman–Crippen LogP) is 4.63. The van der Waals surface area contributed by atoms with Crippen LogP contribution in [0.2, 0.25) is 0 Å². The summed E-state index contributed by atoms with van der Waals surface area (Å²) in [6, 6.07) is 7.56. The van der Waals surface area contributed by atoms with Crippen LogP contribution in [0.15, 0.2) is 41.9 Å². The largest absolute Gasteiger partial charge is 0.534 e. The van der Waals surface area contributed by atoms with Gasteiger partial charge in [-0.05, 0) is 42.0 Å². The molecule has 3 aromatic heterocycles. The van der Waals surface area contributed by atoms with Gasteiger partial charge in [-0.2, -0.15) is 21.6 Å². The van der Waals surface area contributed by atoms with Crippen LogP contribution in [0.25, 0.3) is 26.9 Å². The second-order valence-electron chi connectivity index (χ2n) is 6.59. The maximum absolute atomic E-state index is 12.9. The van der Waals surface area contributed by atoms with E-state index >= 15 is 0 Å². The van der Waals surface area contributed by atoms with Crippen molar-refractivity contribution < 1.29 is 40.0 Å². The van der Waals surface area contributed by atoms with Crippen molar-refractivity contribution in [2.24, 2.45) is 0 Å². The van der Waals surface area contributed by atoms with Crippen LogP contribution < -0.4 is 8.92 Å². The third-order valence-electron chi connectivity index (χ3n) is 4.60. The molecule has 4 aromatic rings. The number of fused-ring (bicyclic) bond motifs is 3. The van der Waals surface area contributed by atoms with E-state index in [2.05, 4.69) is 9.17 Å². The van der Waals surface area contributed by atoms with Gasteiger partial charge in [-0.1, -0.05) is 6.07 Å². The van der Waals surface area contributed by atoms with Crippen LogP contribution in [-0.4, -0.2) is 43.0 Å². The van der Waals surface area contributed by atoms with Crippen LogP contribution in [0.4, 0.5) is 13.2 Å². The number of esters is 1. The molecule has 13 heteroatoms. The van der Waals surface area contributed by atoms with Gasteiger partial charge in [0.25, 0.3) is 0 Å². The van der Waals surface area contributed by atoms with Crippen molar-refractivity contribution in [1.82, 2.24) is 9.38 Å². The number of nitrogens with zero attached hydrogens (tertiary/aromatic N) is 2. The Balaban J connectivity index is 2.04. The molecule has 0 N–H and O–H groups in total. The van der Waals surface area contributed by atoms with Crippen LogP contribution >= 0.6 is 11.3 Å². The van der Waals surface area contributed by atoms with Crippen molar-refractivity contribution in [2.45, 2.75) is 12.4 Å². The number of aromatic nitrogens is 2. The molecule has 0 amide bonds. The lowest BCUT2D eigenvalue weighted by molar-refractivity contribution is -0.0500. The van der Waals surface area contributed by atoms with Gasteiger partial charge in [0.1, 0.15) is 5.69 Å². The molecule has 0 atom stereocenters. The number of hydrogen-bond donors (Lipinski definition) is 0. The number of benzene rings is 1. The van der Waals surface area contributed by atoms with Gasteiger partial charge in [0.15, 0.2) is 11.5 Å². The zero-order valence-electron chi connectivity index (χ0n) is 17.0. The van der Waals surface area contributed by atoms with E-state index in [0.29, 0.717) is 21.5 Å². The van der Waals surface area contributed by atoms with E-state index in [9.17, 15) is 26.4 Å². The van der Waals surface area contributed by atoms with Crippen molar-refractivity contribution >= 4 is 43.7 Å². The van der Waals surface area contributed by atoms with E-state index in [-0.39, 0.29) is 23.6 Å². The Kier molecular flexibility index (Phi) is 5.70. The fourth-order valence-corrected chi connectivity index (χ4v) is 4.40. The highest BCUT2D eigenvalue weighted by molar-refractivity contribution is 7.88. The molecule has 0 saturated heterocycles. The lowest BCUT2D eigenvalue weighted by Crippen LogP contribution is -2.28. The van der Waals surface area contributed by atoms with E-state index in [1.54, 1.807) is 36.7 Å². The zero-order chi connectivity index (χ0) is 24.0. The molecule has 0 spiro atoms. The molecular formula is C20H15F3N2O6S2. The monoisotopic (exact) mass is 500 g/mol. The first-order valence-corrected chi connectivity index (χ1v) is 11.6. The number of rotatable bonds is 6. The number of carbonyl (C=O) groups is 1. The van der Waals surface area contributed by atoms with Gasteiger partial charge in [0.2, 0.25) is 5.82 Å². The lowest BCUT2D eigenvalue weighted by Gasteiger charge is -2.14. The molecule has 174 valence electrons. The van der Waals surface area contributed by atoms with E-state index in [1.807, 2.05) is 0 Å². The quantitative estimate of drug-likeness (QED) is 0.216. The summed E-state index contributed by atoms with van der Waals surface area (Å²) in [5, 5.41) is 2.57. The Morgan fingerprint density at radius 3 is 2.58 bits per heavy atom. The van der Waals surface area contributed by atoms with Gasteiger partial charge in [-0.25, -0.2) is 9.78 Å². The van der Waals surface area contributed by atoms with Crippen LogP contribution in [0, 0.1) is 0 Å². The maximum Gasteiger partial charge on any atom is 0.534 e. The van der Waals surface area contributed by atoms with Crippen LogP contribution in [0.1, 0.15) is 17.5 Å². The van der Waals surface area contributed by atoms with E-state index in [0.717, 1.165) is 6.07 Å². The summed E-state index contributed by atoms with van der Waals surface area (Å²) in [5.41, 5.74) is -4.90. The highest BCUT2D eigenvalue weighted by atomic mass is 32.2. The molecule has 4 rings (SSSR count). The summed E-state index contributed by atoms with van der Waals surface area (Å²) >= 11 is 1.33. The molecule has 0 aliphatic carbocycles. The molecular weight excluding hydrogens is 485 g/mol. The van der Waals surface area contributed by atoms with Crippen molar-refractivity contribution in [1.29, 1.82) is 0 Å². The Bertz CT molecular complexity index is 1460. The summed E-state index contributed by atoms with van der Waals surface area (Å²) < 4.78 is 77.9. The second-order valence-corrected chi connectivity index (χ2v) is 9.08. The molecule has 1 aromatic carbocycles. The van der Waals surface area contributed by atoms with Gasteiger partial charge in [0.05, 0.1) is 24.1 Å². The Hall–Kier alpha value is -3.32. The average Bonchev–Trinajstić information content (AvgIpc) is 3.40. The van der Waals surface area contributed by atoms with Crippen molar-refractivity contribution in [3.8, 4) is 22.1 Å². The highest BCUT2D eigenvalue weighted by Gasteiger charge is 2.49. The summed E-state index contributed by atoms with van der Waals surface area (Å²) in [6.45, 7) is 1.75. The molecule has 0 unspecified atom stereocenters. The third-order valence-corrected chi connectivity index (χ3v) is 6.44. The fourth-order valence-electron chi connectivity index (χ4n) is 3.22. The fraction of sp³-hybridized carbons (Fsp3) is 0.200. The molecule has 0 bridgehead atoms. The minimum absolute atomic E-state index is 0.0432. The first kappa shape index (κ1) is 22.9. The van der Waals surface area contributed by atoms with E-state index < -0.39 is 27.3 Å². The number of thiophene rings is 1. The van der Waals surface area contributed by atoms with Crippen LogP contribution in [-0.2, 0) is 14.9 Å². The standard InChI is InChI=1S/C20H15F3N2O6S2/c1-3-30-19(26)18-24-16(15-5-4-8-32-15)17-12-10-14(31-33(27,28)20(21,22)23)13(29-2)9-11(12)6-7-25(17)18/h4-10H,3H2,1-2H3. The van der Waals surface area contributed by atoms with Gasteiger partial charge in [0, 0.05) is 11.6 Å². The van der Waals surface area contributed by atoms with Gasteiger partial charge >= 0.3 is 21.6 Å². The maximum atomic E-state index is 12.9. The highest BCUT2D eigenvalue weighted by Crippen LogP contribution is 2.40. The minimum atomic E-state index is -5.95. The number of methoxy groups -OCH3 is 1. The molecule has 0 aliphatic heterocycles. The molecule has 0 saturated carbocycles. The molecule has 0 radical (unpaired) electrons. The first-order chi connectivity index (χ1) is 15.6. The van der Waals surface area contributed by atoms with E-state index in [4.69, 9.17) is 9.47 Å². The second kappa shape index (κ2) is 8.23. The summed E-state index contributed by atoms with van der Waals surface area (Å²) in [6.07, 6.45) is 1.56. The Morgan fingerprint density at radius 1 is 1.21 bits per heavy atom. The van der Waals surface area contributed by atoms with Crippen molar-refractivity contribution in [2.75, 3.05) is 13.7 Å². The summed E-state index contributed by atoms with van der Waals surface area (Å²) in [4.78, 5) is 17.6. The SMILES string of the molecule is CCOC(=O)c1nc(-c2cccs2)c2c3cc(OS(=O)(=O)C(F)(F)F)c(OC)cc3ccn12. The molecule has 33 heavy (non-hydrogen) atoms. The molecule has 0 aliphatic rings. The smallest absolute Gasteiger partial charge is 0.493 e. The molecule has 0 fully saturated rings. The summed E-state index contributed by atoms with van der Waals surface area (Å²) in [7, 11) is -4.78. The minimum Gasteiger partial charge on any atom is -0.493 e. The number of imidazole rings is 1. The normalized spacial score (nSPS) is 12.3. The Morgan fingerprint density at radius 2 is 1.97 bits per heavy atom. The zero-order valence-corrected chi connectivity index (χ0v) is 18.7. The molecule has 3 heterocycles. The number of halogens is 3. The number of carbonyl (C=O) groups excluding carboxylic acids is 1. The number of ether oxygens (including phenoxy) is 2. The summed E-state index contributed by atoms with van der Waals surface area (Å²) in [5.74, 6) is -1.62. The first-order valence-electron chi connectivity index (χ1n) is 9.32. The van der Waals surface area contributed by atoms with Crippen LogP contribution in [0.3, 0.4) is 0 Å². The van der Waals surface area contributed by atoms with Gasteiger partial charge < -0.3 is 13.7 Å². The average molecular weight is 500 g/mol. The van der Waals surface area contributed by atoms with Gasteiger partial charge in [-0.15, -0.1) is 11.3 Å². The van der Waals surface area contributed by atoms with Crippen molar-refractivity contribution in [3.05, 3.63) is 47.7 Å². The Labute approximate surface area is 189 Å². The van der Waals surface area contributed by atoms with Gasteiger partial charge in [-0.3, -0.25) is 4.40 Å². The van der Waals surface area contributed by atoms with Crippen LogP contribution in [0.5, 0.6) is 11.5 Å². The topological polar surface area (TPSA) is 96.2 Å². The predicted molar refractivity (Wildman–Crippen MR) is 114 cm³/mol. The lowest BCUT2D eigenvalue weighted by atomic mass is 10.1. The number of alkyl halides is 3. The third kappa shape index (κ3) is 3.97.